The Bertz CT molecular complexity index is 876. The molecule has 120 valence electrons. The van der Waals surface area contributed by atoms with Gasteiger partial charge in [0.25, 0.3) is 0 Å². The Morgan fingerprint density at radius 1 is 1.17 bits per heavy atom. The summed E-state index contributed by atoms with van der Waals surface area (Å²) in [6, 6.07) is 14.2. The summed E-state index contributed by atoms with van der Waals surface area (Å²) in [6.07, 6.45) is 0. The van der Waals surface area contributed by atoms with Crippen LogP contribution in [0.25, 0.3) is 10.2 Å². The summed E-state index contributed by atoms with van der Waals surface area (Å²) in [5.41, 5.74) is 3.38. The van der Waals surface area contributed by atoms with Gasteiger partial charge in [-0.3, -0.25) is 9.36 Å². The number of benzene rings is 2. The molecule has 0 aliphatic carbocycles. The second-order valence-corrected chi connectivity index (χ2v) is 7.02. The van der Waals surface area contributed by atoms with E-state index in [1.807, 2.05) is 24.3 Å². The standard InChI is InChI=1S/C19H21NO2S/c1-13(2)15-9-8-14(3)12-17(15)22-11-10-20-16-6-4-5-7-18(16)23-19(20)21/h4-9,12-13H,10-11H2,1-3H3. The molecule has 23 heavy (non-hydrogen) atoms. The van der Waals surface area contributed by atoms with Crippen molar-refractivity contribution in [2.24, 2.45) is 0 Å². The maximum absolute atomic E-state index is 12.1. The molecule has 4 heteroatoms. The molecule has 0 atom stereocenters. The summed E-state index contributed by atoms with van der Waals surface area (Å²) in [4.78, 5) is 12.2. The van der Waals surface area contributed by atoms with E-state index in [2.05, 4.69) is 39.0 Å². The van der Waals surface area contributed by atoms with E-state index < -0.39 is 0 Å². The summed E-state index contributed by atoms with van der Waals surface area (Å²) in [5.74, 6) is 1.34. The van der Waals surface area contributed by atoms with Gasteiger partial charge in [-0.25, -0.2) is 0 Å². The van der Waals surface area contributed by atoms with Gasteiger partial charge in [0.2, 0.25) is 0 Å². The molecule has 1 heterocycles. The molecule has 2 aromatic carbocycles. The van der Waals surface area contributed by atoms with Crippen LogP contribution in [0.5, 0.6) is 5.75 Å². The number of hydrogen-bond acceptors (Lipinski definition) is 3. The predicted octanol–water partition coefficient (Wildman–Crippen LogP) is 4.57. The smallest absolute Gasteiger partial charge is 0.308 e. The van der Waals surface area contributed by atoms with Crippen LogP contribution in [0.3, 0.4) is 0 Å². The molecule has 0 aliphatic rings. The molecular weight excluding hydrogens is 306 g/mol. The number of ether oxygens (including phenoxy) is 1. The summed E-state index contributed by atoms with van der Waals surface area (Å²) in [6.45, 7) is 7.44. The molecule has 0 aliphatic heterocycles. The van der Waals surface area contributed by atoms with Crippen LogP contribution in [0.15, 0.2) is 47.3 Å². The number of rotatable bonds is 5. The minimum atomic E-state index is 0.0723. The number of thiazole rings is 1. The number of fused-ring (bicyclic) bond motifs is 1. The molecule has 0 radical (unpaired) electrons. The van der Waals surface area contributed by atoms with E-state index in [4.69, 9.17) is 4.74 Å². The van der Waals surface area contributed by atoms with Gasteiger partial charge in [0.15, 0.2) is 0 Å². The first-order valence-corrected chi connectivity index (χ1v) is 8.69. The number of aryl methyl sites for hydroxylation is 1. The van der Waals surface area contributed by atoms with E-state index in [1.54, 1.807) is 4.57 Å². The third-order valence-electron chi connectivity index (χ3n) is 3.94. The number of hydrogen-bond donors (Lipinski definition) is 0. The lowest BCUT2D eigenvalue weighted by Crippen LogP contribution is -2.18. The fourth-order valence-electron chi connectivity index (χ4n) is 2.72. The molecule has 0 spiro atoms. The highest BCUT2D eigenvalue weighted by molar-refractivity contribution is 7.16. The molecule has 0 N–H and O–H groups in total. The van der Waals surface area contributed by atoms with Crippen molar-refractivity contribution >= 4 is 21.6 Å². The Balaban J connectivity index is 1.78. The van der Waals surface area contributed by atoms with Crippen molar-refractivity contribution in [3.63, 3.8) is 0 Å². The lowest BCUT2D eigenvalue weighted by atomic mass is 10.0. The average Bonchev–Trinajstić information content (AvgIpc) is 2.83. The Kier molecular flexibility index (Phi) is 4.53. The molecule has 0 fully saturated rings. The number of aromatic nitrogens is 1. The van der Waals surface area contributed by atoms with Crippen LogP contribution >= 0.6 is 11.3 Å². The van der Waals surface area contributed by atoms with Crippen LogP contribution < -0.4 is 9.61 Å². The lowest BCUT2D eigenvalue weighted by Gasteiger charge is -2.15. The van der Waals surface area contributed by atoms with Crippen molar-refractivity contribution in [2.45, 2.75) is 33.2 Å². The van der Waals surface area contributed by atoms with Crippen molar-refractivity contribution < 1.29 is 4.74 Å². The van der Waals surface area contributed by atoms with Gasteiger partial charge in [-0.05, 0) is 42.2 Å². The SMILES string of the molecule is Cc1ccc(C(C)C)c(OCCn2c(=O)sc3ccccc32)c1. The fraction of sp³-hybridized carbons (Fsp3) is 0.316. The number of nitrogens with zero attached hydrogens (tertiary/aromatic N) is 1. The maximum Gasteiger partial charge on any atom is 0.308 e. The summed E-state index contributed by atoms with van der Waals surface area (Å²) >= 11 is 1.29. The first kappa shape index (κ1) is 15.8. The van der Waals surface area contributed by atoms with Crippen molar-refractivity contribution in [1.29, 1.82) is 0 Å². The monoisotopic (exact) mass is 327 g/mol. The molecule has 3 nitrogen and oxygen atoms in total. The minimum Gasteiger partial charge on any atom is -0.491 e. The molecule has 0 bridgehead atoms. The molecule has 3 rings (SSSR count). The molecular formula is C19H21NO2S. The number of para-hydroxylation sites is 1. The van der Waals surface area contributed by atoms with Crippen LogP contribution in [-0.4, -0.2) is 11.2 Å². The highest BCUT2D eigenvalue weighted by Crippen LogP contribution is 2.27. The zero-order chi connectivity index (χ0) is 16.4. The topological polar surface area (TPSA) is 31.2 Å². The minimum absolute atomic E-state index is 0.0723. The Morgan fingerprint density at radius 3 is 2.74 bits per heavy atom. The van der Waals surface area contributed by atoms with E-state index in [9.17, 15) is 4.79 Å². The van der Waals surface area contributed by atoms with Gasteiger partial charge in [0, 0.05) is 0 Å². The summed E-state index contributed by atoms with van der Waals surface area (Å²) < 4.78 is 8.82. The molecule has 0 saturated carbocycles. The van der Waals surface area contributed by atoms with Gasteiger partial charge in [0.1, 0.15) is 12.4 Å². The maximum atomic E-state index is 12.1. The van der Waals surface area contributed by atoms with Crippen LogP contribution in [0, 0.1) is 6.92 Å². The third kappa shape index (κ3) is 3.32. The Morgan fingerprint density at radius 2 is 1.96 bits per heavy atom. The summed E-state index contributed by atoms with van der Waals surface area (Å²) in [5, 5.41) is 0. The van der Waals surface area contributed by atoms with Gasteiger partial charge in [-0.15, -0.1) is 0 Å². The zero-order valence-corrected chi connectivity index (χ0v) is 14.5. The Labute approximate surface area is 140 Å². The summed E-state index contributed by atoms with van der Waals surface area (Å²) in [7, 11) is 0. The molecule has 0 unspecified atom stereocenters. The lowest BCUT2D eigenvalue weighted by molar-refractivity contribution is 0.295. The van der Waals surface area contributed by atoms with Crippen molar-refractivity contribution in [3.05, 3.63) is 63.3 Å². The second kappa shape index (κ2) is 6.59. The van der Waals surface area contributed by atoms with Gasteiger partial charge >= 0.3 is 4.87 Å². The van der Waals surface area contributed by atoms with Gasteiger partial charge < -0.3 is 4.74 Å². The third-order valence-corrected chi connectivity index (χ3v) is 4.90. The van der Waals surface area contributed by atoms with Crippen molar-refractivity contribution in [3.8, 4) is 5.75 Å². The highest BCUT2D eigenvalue weighted by Gasteiger charge is 2.10. The predicted molar refractivity (Wildman–Crippen MR) is 96.8 cm³/mol. The molecule has 3 aromatic rings. The average molecular weight is 327 g/mol. The van der Waals surface area contributed by atoms with E-state index in [0.717, 1.165) is 16.0 Å². The highest BCUT2D eigenvalue weighted by atomic mass is 32.1. The van der Waals surface area contributed by atoms with E-state index in [-0.39, 0.29) is 4.87 Å². The first-order chi connectivity index (χ1) is 11.1. The van der Waals surface area contributed by atoms with Crippen LogP contribution in [-0.2, 0) is 6.54 Å². The zero-order valence-electron chi connectivity index (χ0n) is 13.7. The first-order valence-electron chi connectivity index (χ1n) is 7.88. The van der Waals surface area contributed by atoms with Crippen LogP contribution in [0.2, 0.25) is 0 Å². The van der Waals surface area contributed by atoms with E-state index in [0.29, 0.717) is 19.1 Å². The Hall–Kier alpha value is -2.07. The van der Waals surface area contributed by atoms with Crippen LogP contribution in [0.1, 0.15) is 30.9 Å². The van der Waals surface area contributed by atoms with E-state index in [1.165, 1.54) is 22.5 Å². The fourth-order valence-corrected chi connectivity index (χ4v) is 3.63. The second-order valence-electron chi connectivity index (χ2n) is 6.03. The van der Waals surface area contributed by atoms with Crippen molar-refractivity contribution in [2.75, 3.05) is 6.61 Å². The quantitative estimate of drug-likeness (QED) is 0.687. The van der Waals surface area contributed by atoms with Gasteiger partial charge in [-0.1, -0.05) is 49.4 Å². The van der Waals surface area contributed by atoms with Gasteiger partial charge in [-0.2, -0.15) is 0 Å². The van der Waals surface area contributed by atoms with E-state index >= 15 is 0 Å². The molecule has 1 aromatic heterocycles. The van der Waals surface area contributed by atoms with Gasteiger partial charge in [0.05, 0.1) is 16.8 Å². The molecule has 0 amide bonds. The van der Waals surface area contributed by atoms with Crippen LogP contribution in [0.4, 0.5) is 0 Å². The normalized spacial score (nSPS) is 11.3. The largest absolute Gasteiger partial charge is 0.491 e. The van der Waals surface area contributed by atoms with Crippen molar-refractivity contribution in [1.82, 2.24) is 4.57 Å². The molecule has 0 saturated heterocycles.